The monoisotopic (exact) mass is 260 g/mol. The lowest BCUT2D eigenvalue weighted by Gasteiger charge is -1.95. The van der Waals surface area contributed by atoms with Crippen molar-refractivity contribution in [2.24, 2.45) is 5.92 Å². The van der Waals surface area contributed by atoms with Crippen LogP contribution in [-0.2, 0) is 0 Å². The van der Waals surface area contributed by atoms with Gasteiger partial charge in [0.25, 0.3) is 0 Å². The number of thiazole rings is 1. The fraction of sp³-hybridized carbons (Fsp3) is 0.636. The molecule has 0 amide bonds. The Morgan fingerprint density at radius 2 is 2.12 bits per heavy atom. The first kappa shape index (κ1) is 15.4. The number of Topliss-reactive ketones (excluding diaryl/α,β-unsaturated/α-hetero) is 1. The first-order valence-corrected chi connectivity index (χ1v) is 6.73. The lowest BCUT2D eigenvalue weighted by atomic mass is 10.3. The number of carbonyl (C=O) groups excluding carboxylic acids is 1. The molecule has 0 aliphatic carbocycles. The molecule has 0 atom stereocenters. The fourth-order valence-corrected chi connectivity index (χ4v) is 1.53. The quantitative estimate of drug-likeness (QED) is 0.644. The zero-order valence-corrected chi connectivity index (χ0v) is 12.0. The molecule has 0 aromatic carbocycles. The van der Waals surface area contributed by atoms with Gasteiger partial charge in [0.2, 0.25) is 0 Å². The highest BCUT2D eigenvalue weighted by molar-refractivity contribution is 7.80. The summed E-state index contributed by atoms with van der Waals surface area (Å²) in [6.07, 6.45) is 1.59. The Labute approximate surface area is 107 Å². The predicted molar refractivity (Wildman–Crippen MR) is 75.0 cm³/mol. The van der Waals surface area contributed by atoms with Crippen LogP contribution < -0.4 is 5.32 Å². The van der Waals surface area contributed by atoms with Crippen LogP contribution in [0.5, 0.6) is 0 Å². The molecule has 0 fully saturated rings. The molecule has 1 aromatic heterocycles. The van der Waals surface area contributed by atoms with E-state index in [-0.39, 0.29) is 5.78 Å². The molecule has 92 valence electrons. The molecule has 1 N–H and O–H groups in total. The first-order chi connectivity index (χ1) is 7.47. The summed E-state index contributed by atoms with van der Waals surface area (Å²) >= 11 is 5.42. The standard InChI is InChI=1S/C7H10N2OS2.C4H10/c1-5(10)6-4-9-7(12-6)8-2-3-11;1-4(2)3/h4,11H,2-3H2,1H3,(H,8,9);4H,1-3H3. The van der Waals surface area contributed by atoms with Gasteiger partial charge in [-0.05, 0) is 5.92 Å². The molecule has 3 nitrogen and oxygen atoms in total. The average Bonchev–Trinajstić information content (AvgIpc) is 2.62. The molecule has 0 saturated heterocycles. The summed E-state index contributed by atoms with van der Waals surface area (Å²) in [6.45, 7) is 8.81. The van der Waals surface area contributed by atoms with E-state index in [0.29, 0.717) is 4.88 Å². The van der Waals surface area contributed by atoms with Crippen molar-refractivity contribution in [1.82, 2.24) is 4.98 Å². The van der Waals surface area contributed by atoms with E-state index >= 15 is 0 Å². The van der Waals surface area contributed by atoms with Gasteiger partial charge in [-0.15, -0.1) is 0 Å². The predicted octanol–water partition coefficient (Wildman–Crippen LogP) is 3.35. The van der Waals surface area contributed by atoms with Crippen LogP contribution in [0.2, 0.25) is 0 Å². The second-order valence-corrected chi connectivity index (χ2v) is 5.45. The molecule has 5 heteroatoms. The van der Waals surface area contributed by atoms with E-state index in [9.17, 15) is 4.79 Å². The van der Waals surface area contributed by atoms with Crippen LogP contribution in [-0.4, -0.2) is 23.1 Å². The van der Waals surface area contributed by atoms with E-state index in [1.165, 1.54) is 18.3 Å². The van der Waals surface area contributed by atoms with Crippen LogP contribution in [0.1, 0.15) is 37.4 Å². The molecule has 1 rings (SSSR count). The van der Waals surface area contributed by atoms with Crippen LogP contribution in [0, 0.1) is 5.92 Å². The number of aromatic nitrogens is 1. The highest BCUT2D eigenvalue weighted by Crippen LogP contribution is 2.17. The SMILES string of the molecule is CC(=O)c1cnc(NCCS)s1.CC(C)C. The van der Waals surface area contributed by atoms with Crippen LogP contribution in [0.25, 0.3) is 0 Å². The molecule has 16 heavy (non-hydrogen) atoms. The van der Waals surface area contributed by atoms with Crippen LogP contribution >= 0.6 is 24.0 Å². The van der Waals surface area contributed by atoms with Gasteiger partial charge in [0.05, 0.1) is 11.1 Å². The number of nitrogens with one attached hydrogen (secondary N) is 1. The number of ketones is 1. The minimum atomic E-state index is 0.0615. The van der Waals surface area contributed by atoms with Crippen molar-refractivity contribution < 1.29 is 4.79 Å². The van der Waals surface area contributed by atoms with Gasteiger partial charge in [-0.25, -0.2) is 4.98 Å². The van der Waals surface area contributed by atoms with Gasteiger partial charge in [0, 0.05) is 19.2 Å². The molecule has 1 aromatic rings. The third kappa shape index (κ3) is 7.70. The van der Waals surface area contributed by atoms with E-state index in [0.717, 1.165) is 23.3 Å². The summed E-state index contributed by atoms with van der Waals surface area (Å²) in [4.78, 5) is 15.6. The van der Waals surface area contributed by atoms with E-state index < -0.39 is 0 Å². The lowest BCUT2D eigenvalue weighted by molar-refractivity contribution is 0.102. The van der Waals surface area contributed by atoms with Gasteiger partial charge in [-0.3, -0.25) is 4.79 Å². The normalized spacial score (nSPS) is 9.62. The van der Waals surface area contributed by atoms with Crippen molar-refractivity contribution in [3.63, 3.8) is 0 Å². The maximum absolute atomic E-state index is 10.9. The average molecular weight is 260 g/mol. The minimum absolute atomic E-state index is 0.0615. The van der Waals surface area contributed by atoms with Crippen LogP contribution in [0.15, 0.2) is 6.20 Å². The lowest BCUT2D eigenvalue weighted by Crippen LogP contribution is -2.01. The maximum Gasteiger partial charge on any atom is 0.183 e. The molecule has 0 radical (unpaired) electrons. The molecule has 0 bridgehead atoms. The van der Waals surface area contributed by atoms with Crippen molar-refractivity contribution in [3.8, 4) is 0 Å². The van der Waals surface area contributed by atoms with Crippen LogP contribution in [0.4, 0.5) is 5.13 Å². The number of carbonyl (C=O) groups is 1. The minimum Gasteiger partial charge on any atom is -0.361 e. The van der Waals surface area contributed by atoms with Crippen molar-refractivity contribution in [1.29, 1.82) is 0 Å². The molecule has 0 unspecified atom stereocenters. The smallest absolute Gasteiger partial charge is 0.183 e. The van der Waals surface area contributed by atoms with Crippen LogP contribution in [0.3, 0.4) is 0 Å². The Kier molecular flexibility index (Phi) is 8.29. The number of thiol groups is 1. The molecular weight excluding hydrogens is 240 g/mol. The first-order valence-electron chi connectivity index (χ1n) is 5.28. The molecule has 0 aliphatic rings. The van der Waals surface area contributed by atoms with Crippen molar-refractivity contribution in [3.05, 3.63) is 11.1 Å². The second-order valence-electron chi connectivity index (χ2n) is 3.97. The highest BCUT2D eigenvalue weighted by atomic mass is 32.1. The third-order valence-electron chi connectivity index (χ3n) is 1.24. The Hall–Kier alpha value is -0.550. The van der Waals surface area contributed by atoms with Crippen molar-refractivity contribution in [2.75, 3.05) is 17.6 Å². The molecule has 0 spiro atoms. The third-order valence-corrected chi connectivity index (χ3v) is 2.52. The van der Waals surface area contributed by atoms with Gasteiger partial charge in [-0.2, -0.15) is 12.6 Å². The molecule has 0 saturated carbocycles. The Morgan fingerprint density at radius 3 is 2.50 bits per heavy atom. The summed E-state index contributed by atoms with van der Waals surface area (Å²) < 4.78 is 0. The Morgan fingerprint density at radius 1 is 1.56 bits per heavy atom. The largest absolute Gasteiger partial charge is 0.361 e. The van der Waals surface area contributed by atoms with E-state index in [4.69, 9.17) is 0 Å². The van der Waals surface area contributed by atoms with E-state index in [2.05, 4.69) is 43.7 Å². The second kappa shape index (κ2) is 8.58. The van der Waals surface area contributed by atoms with E-state index in [1.807, 2.05) is 0 Å². The zero-order chi connectivity index (χ0) is 12.6. The van der Waals surface area contributed by atoms with Gasteiger partial charge in [-0.1, -0.05) is 32.1 Å². The van der Waals surface area contributed by atoms with Gasteiger partial charge in [0.15, 0.2) is 10.9 Å². The summed E-state index contributed by atoms with van der Waals surface area (Å²) in [7, 11) is 0. The van der Waals surface area contributed by atoms with Gasteiger partial charge >= 0.3 is 0 Å². The Bertz CT molecular complexity index is 308. The number of hydrogen-bond donors (Lipinski definition) is 2. The molecular formula is C11H20N2OS2. The number of rotatable bonds is 4. The van der Waals surface area contributed by atoms with Crippen molar-refractivity contribution in [2.45, 2.75) is 27.7 Å². The summed E-state index contributed by atoms with van der Waals surface area (Å²) in [5, 5.41) is 3.83. The van der Waals surface area contributed by atoms with E-state index in [1.54, 1.807) is 6.20 Å². The molecule has 0 aliphatic heterocycles. The number of nitrogens with zero attached hydrogens (tertiary/aromatic N) is 1. The number of hydrogen-bond acceptors (Lipinski definition) is 5. The van der Waals surface area contributed by atoms with Gasteiger partial charge < -0.3 is 5.32 Å². The maximum atomic E-state index is 10.9. The fourth-order valence-electron chi connectivity index (χ4n) is 0.681. The van der Waals surface area contributed by atoms with Gasteiger partial charge in [0.1, 0.15) is 0 Å². The summed E-state index contributed by atoms with van der Waals surface area (Å²) in [5.41, 5.74) is 0. The summed E-state index contributed by atoms with van der Waals surface area (Å²) in [5.74, 6) is 1.65. The summed E-state index contributed by atoms with van der Waals surface area (Å²) in [6, 6.07) is 0. The topological polar surface area (TPSA) is 42.0 Å². The zero-order valence-electron chi connectivity index (χ0n) is 10.3. The molecule has 1 heterocycles. The van der Waals surface area contributed by atoms with Crippen molar-refractivity contribution >= 4 is 34.9 Å². The Balaban J connectivity index is 0.000000487. The number of anilines is 1. The highest BCUT2D eigenvalue weighted by Gasteiger charge is 2.04.